The van der Waals surface area contributed by atoms with Gasteiger partial charge in [-0.1, -0.05) is 13.8 Å². The average molecular weight is 196 g/mol. The van der Waals surface area contributed by atoms with Crippen LogP contribution in [0.15, 0.2) is 24.3 Å². The Bertz CT molecular complexity index is 281. The summed E-state index contributed by atoms with van der Waals surface area (Å²) in [5, 5.41) is 10.3. The molecule has 0 aromatic heterocycles. The third kappa shape index (κ3) is 3.43. The van der Waals surface area contributed by atoms with Crippen molar-refractivity contribution in [2.24, 2.45) is 0 Å². The van der Waals surface area contributed by atoms with Crippen molar-refractivity contribution in [1.82, 2.24) is 0 Å². The van der Waals surface area contributed by atoms with Crippen LogP contribution in [0.25, 0.3) is 0 Å². The zero-order valence-electron chi connectivity index (χ0n) is 9.02. The van der Waals surface area contributed by atoms with Crippen molar-refractivity contribution in [2.45, 2.75) is 13.8 Å². The second kappa shape index (κ2) is 5.96. The van der Waals surface area contributed by atoms with E-state index in [9.17, 15) is 10.1 Å². The van der Waals surface area contributed by atoms with Gasteiger partial charge in [-0.15, -0.1) is 0 Å². The zero-order chi connectivity index (χ0) is 11.1. The van der Waals surface area contributed by atoms with Crippen LogP contribution in [0.2, 0.25) is 0 Å². The van der Waals surface area contributed by atoms with Gasteiger partial charge >= 0.3 is 0 Å². The van der Waals surface area contributed by atoms with Gasteiger partial charge in [-0.05, 0) is 12.1 Å². The van der Waals surface area contributed by atoms with Crippen molar-refractivity contribution in [2.75, 3.05) is 19.0 Å². The number of anilines is 1. The van der Waals surface area contributed by atoms with Gasteiger partial charge < -0.3 is 4.90 Å². The second-order valence-corrected chi connectivity index (χ2v) is 2.67. The van der Waals surface area contributed by atoms with Crippen LogP contribution in [0.1, 0.15) is 13.8 Å². The summed E-state index contributed by atoms with van der Waals surface area (Å²) in [4.78, 5) is 11.8. The first kappa shape index (κ1) is 12.4. The molecule has 1 aromatic rings. The van der Waals surface area contributed by atoms with Crippen LogP contribution in [0, 0.1) is 10.1 Å². The maximum Gasteiger partial charge on any atom is 0.269 e. The van der Waals surface area contributed by atoms with E-state index in [0.717, 1.165) is 5.69 Å². The van der Waals surface area contributed by atoms with E-state index in [1.807, 2.05) is 32.8 Å². The standard InChI is InChI=1S/C8H10N2O2.C2H6/c1-9(2)7-3-5-8(6-4-7)10(11)12;1-2/h3-6H,1-2H3;1-2H3. The number of non-ortho nitro benzene ring substituents is 1. The lowest BCUT2D eigenvalue weighted by Gasteiger charge is -2.10. The van der Waals surface area contributed by atoms with Crippen LogP contribution in [0.3, 0.4) is 0 Å². The highest BCUT2D eigenvalue weighted by molar-refractivity contribution is 5.49. The first-order valence-electron chi connectivity index (χ1n) is 4.53. The molecule has 0 unspecified atom stereocenters. The molecule has 0 spiro atoms. The molecule has 0 amide bonds. The van der Waals surface area contributed by atoms with E-state index in [1.54, 1.807) is 12.1 Å². The summed E-state index contributed by atoms with van der Waals surface area (Å²) in [6.07, 6.45) is 0. The van der Waals surface area contributed by atoms with Gasteiger partial charge in [0.1, 0.15) is 0 Å². The molecule has 0 heterocycles. The topological polar surface area (TPSA) is 46.4 Å². The number of nitro benzene ring substituents is 1. The number of rotatable bonds is 2. The van der Waals surface area contributed by atoms with Gasteiger partial charge in [0.2, 0.25) is 0 Å². The number of nitro groups is 1. The van der Waals surface area contributed by atoms with E-state index in [0.29, 0.717) is 0 Å². The summed E-state index contributed by atoms with van der Waals surface area (Å²) in [5.74, 6) is 0. The highest BCUT2D eigenvalue weighted by Gasteiger charge is 2.03. The molecule has 0 fully saturated rings. The molecule has 1 rings (SSSR count). The lowest BCUT2D eigenvalue weighted by Crippen LogP contribution is -2.08. The largest absolute Gasteiger partial charge is 0.378 e. The molecule has 0 aliphatic carbocycles. The summed E-state index contributed by atoms with van der Waals surface area (Å²) in [5.41, 5.74) is 1.08. The number of hydrogen-bond acceptors (Lipinski definition) is 3. The van der Waals surface area contributed by atoms with E-state index in [-0.39, 0.29) is 5.69 Å². The predicted octanol–water partition coefficient (Wildman–Crippen LogP) is 2.69. The third-order valence-corrected chi connectivity index (χ3v) is 1.58. The SMILES string of the molecule is CC.CN(C)c1ccc([N+](=O)[O-])cc1. The summed E-state index contributed by atoms with van der Waals surface area (Å²) >= 11 is 0. The summed E-state index contributed by atoms with van der Waals surface area (Å²) in [6, 6.07) is 6.43. The van der Waals surface area contributed by atoms with Gasteiger partial charge in [-0.2, -0.15) is 0 Å². The van der Waals surface area contributed by atoms with Crippen LogP contribution in [-0.4, -0.2) is 19.0 Å². The van der Waals surface area contributed by atoms with Crippen molar-refractivity contribution in [3.8, 4) is 0 Å². The smallest absolute Gasteiger partial charge is 0.269 e. The van der Waals surface area contributed by atoms with Crippen LogP contribution in [0.5, 0.6) is 0 Å². The summed E-state index contributed by atoms with van der Waals surface area (Å²) in [6.45, 7) is 4.00. The highest BCUT2D eigenvalue weighted by atomic mass is 16.6. The Balaban J connectivity index is 0.000000791. The van der Waals surface area contributed by atoms with E-state index < -0.39 is 4.92 Å². The monoisotopic (exact) mass is 196 g/mol. The predicted molar refractivity (Wildman–Crippen MR) is 58.8 cm³/mol. The number of hydrogen-bond donors (Lipinski definition) is 0. The minimum Gasteiger partial charge on any atom is -0.378 e. The molecule has 0 saturated heterocycles. The molecule has 0 aliphatic rings. The quantitative estimate of drug-likeness (QED) is 0.539. The molecule has 0 radical (unpaired) electrons. The van der Waals surface area contributed by atoms with E-state index >= 15 is 0 Å². The molecule has 0 atom stereocenters. The van der Waals surface area contributed by atoms with Gasteiger partial charge in [-0.3, -0.25) is 10.1 Å². The molecule has 14 heavy (non-hydrogen) atoms. The fourth-order valence-electron chi connectivity index (χ4n) is 0.872. The zero-order valence-corrected chi connectivity index (χ0v) is 9.02. The minimum atomic E-state index is -0.403. The van der Waals surface area contributed by atoms with E-state index in [4.69, 9.17) is 0 Å². The fourth-order valence-corrected chi connectivity index (χ4v) is 0.872. The Labute approximate surface area is 84.3 Å². The first-order valence-corrected chi connectivity index (χ1v) is 4.53. The van der Waals surface area contributed by atoms with Crippen LogP contribution >= 0.6 is 0 Å². The van der Waals surface area contributed by atoms with Crippen molar-refractivity contribution in [1.29, 1.82) is 0 Å². The van der Waals surface area contributed by atoms with Crippen molar-refractivity contribution >= 4 is 11.4 Å². The van der Waals surface area contributed by atoms with Gasteiger partial charge in [-0.25, -0.2) is 0 Å². The Hall–Kier alpha value is -1.58. The van der Waals surface area contributed by atoms with Gasteiger partial charge in [0.25, 0.3) is 5.69 Å². The van der Waals surface area contributed by atoms with Crippen molar-refractivity contribution < 1.29 is 4.92 Å². The molecule has 0 saturated carbocycles. The average Bonchev–Trinajstić information content (AvgIpc) is 2.21. The molecule has 1 aromatic carbocycles. The highest BCUT2D eigenvalue weighted by Crippen LogP contribution is 2.16. The van der Waals surface area contributed by atoms with Gasteiger partial charge in [0.15, 0.2) is 0 Å². The molecular weight excluding hydrogens is 180 g/mol. The molecule has 78 valence electrons. The Kier molecular flexibility index (Phi) is 5.29. The summed E-state index contributed by atoms with van der Waals surface area (Å²) in [7, 11) is 3.78. The Morgan fingerprint density at radius 3 is 1.86 bits per heavy atom. The maximum atomic E-state index is 10.3. The number of benzene rings is 1. The lowest BCUT2D eigenvalue weighted by atomic mass is 10.3. The fraction of sp³-hybridized carbons (Fsp3) is 0.400. The molecule has 0 aliphatic heterocycles. The summed E-state index contributed by atoms with van der Waals surface area (Å²) < 4.78 is 0. The first-order chi connectivity index (χ1) is 6.61. The minimum absolute atomic E-state index is 0.126. The van der Waals surface area contributed by atoms with Crippen LogP contribution < -0.4 is 4.90 Å². The Morgan fingerprint density at radius 2 is 1.57 bits per heavy atom. The normalized spacial score (nSPS) is 8.57. The molecule has 4 heteroatoms. The third-order valence-electron chi connectivity index (χ3n) is 1.58. The molecular formula is C10H16N2O2. The van der Waals surface area contributed by atoms with Gasteiger partial charge in [0, 0.05) is 31.9 Å². The van der Waals surface area contributed by atoms with Crippen molar-refractivity contribution in [3.63, 3.8) is 0 Å². The molecule has 4 nitrogen and oxygen atoms in total. The Morgan fingerprint density at radius 1 is 1.14 bits per heavy atom. The van der Waals surface area contributed by atoms with Gasteiger partial charge in [0.05, 0.1) is 4.92 Å². The van der Waals surface area contributed by atoms with E-state index in [2.05, 4.69) is 0 Å². The van der Waals surface area contributed by atoms with Crippen LogP contribution in [-0.2, 0) is 0 Å². The molecule has 0 bridgehead atoms. The number of nitrogens with zero attached hydrogens (tertiary/aromatic N) is 2. The second-order valence-electron chi connectivity index (χ2n) is 2.67. The van der Waals surface area contributed by atoms with Crippen LogP contribution in [0.4, 0.5) is 11.4 Å². The van der Waals surface area contributed by atoms with E-state index in [1.165, 1.54) is 12.1 Å². The van der Waals surface area contributed by atoms with Crippen molar-refractivity contribution in [3.05, 3.63) is 34.4 Å². The molecule has 0 N–H and O–H groups in total. The lowest BCUT2D eigenvalue weighted by molar-refractivity contribution is -0.384. The maximum absolute atomic E-state index is 10.3.